The van der Waals surface area contributed by atoms with Gasteiger partial charge in [0.15, 0.2) is 0 Å². The van der Waals surface area contributed by atoms with Crippen LogP contribution in [-0.4, -0.2) is 24.5 Å². The Morgan fingerprint density at radius 1 is 1.14 bits per heavy atom. The van der Waals surface area contributed by atoms with E-state index in [1.807, 2.05) is 12.2 Å². The lowest BCUT2D eigenvalue weighted by Crippen LogP contribution is -2.29. The van der Waals surface area contributed by atoms with E-state index in [4.69, 9.17) is 0 Å². The van der Waals surface area contributed by atoms with Crippen LogP contribution in [0.4, 0.5) is 13.2 Å². The zero-order chi connectivity index (χ0) is 15.3. The van der Waals surface area contributed by atoms with Gasteiger partial charge in [-0.1, -0.05) is 37.3 Å². The highest BCUT2D eigenvalue weighted by Gasteiger charge is 2.29. The quantitative estimate of drug-likeness (QED) is 0.774. The van der Waals surface area contributed by atoms with Gasteiger partial charge in [-0.15, -0.1) is 0 Å². The molecule has 0 aromatic heterocycles. The lowest BCUT2D eigenvalue weighted by Gasteiger charge is -2.24. The standard InChI is InChI=1S/C17H20F3N/c1-2-11-21-12-9-15(10-13-21)4-3-14-5-7-16(8-6-14)17(18,19)20/h3-9H,2,10-13H2,1H3. The summed E-state index contributed by atoms with van der Waals surface area (Å²) in [5, 5.41) is 0. The molecule has 0 unspecified atom stereocenters. The first-order valence-corrected chi connectivity index (χ1v) is 7.26. The van der Waals surface area contributed by atoms with E-state index in [0.717, 1.165) is 50.2 Å². The molecule has 0 saturated carbocycles. The SMILES string of the molecule is CCCN1CC=C(C=Cc2ccc(C(F)(F)F)cc2)CC1. The second kappa shape index (κ2) is 6.94. The molecule has 2 rings (SSSR count). The number of hydrogen-bond acceptors (Lipinski definition) is 1. The predicted molar refractivity (Wildman–Crippen MR) is 79.9 cm³/mol. The minimum Gasteiger partial charge on any atom is -0.299 e. The Hall–Kier alpha value is -1.55. The van der Waals surface area contributed by atoms with Crippen molar-refractivity contribution in [2.24, 2.45) is 0 Å². The van der Waals surface area contributed by atoms with E-state index in [0.29, 0.717) is 0 Å². The Bertz CT molecular complexity index is 512. The third-order valence-corrected chi connectivity index (χ3v) is 3.60. The molecule has 0 radical (unpaired) electrons. The summed E-state index contributed by atoms with van der Waals surface area (Å²) in [4.78, 5) is 2.40. The van der Waals surface area contributed by atoms with Crippen LogP contribution >= 0.6 is 0 Å². The fourth-order valence-corrected chi connectivity index (χ4v) is 2.38. The summed E-state index contributed by atoms with van der Waals surface area (Å²) in [7, 11) is 0. The molecule has 1 heterocycles. The van der Waals surface area contributed by atoms with Gasteiger partial charge in [-0.25, -0.2) is 0 Å². The van der Waals surface area contributed by atoms with Gasteiger partial charge < -0.3 is 0 Å². The molecule has 0 fully saturated rings. The summed E-state index contributed by atoms with van der Waals surface area (Å²) >= 11 is 0. The van der Waals surface area contributed by atoms with Crippen LogP contribution in [0.5, 0.6) is 0 Å². The Morgan fingerprint density at radius 2 is 1.86 bits per heavy atom. The summed E-state index contributed by atoms with van der Waals surface area (Å²) in [6.07, 6.45) is 3.96. The molecule has 0 amide bonds. The van der Waals surface area contributed by atoms with E-state index >= 15 is 0 Å². The molecule has 0 aliphatic carbocycles. The summed E-state index contributed by atoms with van der Waals surface area (Å²) in [6, 6.07) is 5.26. The van der Waals surface area contributed by atoms with Gasteiger partial charge in [0.2, 0.25) is 0 Å². The van der Waals surface area contributed by atoms with Gasteiger partial charge in [-0.2, -0.15) is 13.2 Å². The molecule has 1 aliphatic heterocycles. The van der Waals surface area contributed by atoms with Gasteiger partial charge in [0.25, 0.3) is 0 Å². The maximum absolute atomic E-state index is 12.5. The average Bonchev–Trinajstić information content (AvgIpc) is 2.46. The van der Waals surface area contributed by atoms with E-state index in [2.05, 4.69) is 17.9 Å². The maximum atomic E-state index is 12.5. The topological polar surface area (TPSA) is 3.24 Å². The first-order chi connectivity index (χ1) is 9.99. The second-order valence-corrected chi connectivity index (χ2v) is 5.28. The van der Waals surface area contributed by atoms with Gasteiger partial charge in [0.1, 0.15) is 0 Å². The van der Waals surface area contributed by atoms with Crippen LogP contribution in [0, 0.1) is 0 Å². The van der Waals surface area contributed by atoms with E-state index in [1.54, 1.807) is 0 Å². The first kappa shape index (κ1) is 15.8. The number of hydrogen-bond donors (Lipinski definition) is 0. The van der Waals surface area contributed by atoms with Crippen LogP contribution < -0.4 is 0 Å². The normalized spacial score (nSPS) is 17.2. The van der Waals surface area contributed by atoms with Crippen molar-refractivity contribution in [3.05, 3.63) is 53.1 Å². The molecule has 0 N–H and O–H groups in total. The lowest BCUT2D eigenvalue weighted by molar-refractivity contribution is -0.137. The van der Waals surface area contributed by atoms with Crippen molar-refractivity contribution in [2.45, 2.75) is 25.9 Å². The molecular formula is C17H20F3N. The molecule has 0 bridgehead atoms. The van der Waals surface area contributed by atoms with Gasteiger partial charge in [0, 0.05) is 13.1 Å². The van der Waals surface area contributed by atoms with Crippen LogP contribution in [-0.2, 0) is 6.18 Å². The summed E-state index contributed by atoms with van der Waals surface area (Å²) < 4.78 is 37.4. The molecular weight excluding hydrogens is 275 g/mol. The third-order valence-electron chi connectivity index (χ3n) is 3.60. The van der Waals surface area contributed by atoms with Gasteiger partial charge >= 0.3 is 6.18 Å². The average molecular weight is 295 g/mol. The Balaban J connectivity index is 1.96. The smallest absolute Gasteiger partial charge is 0.299 e. The molecule has 0 atom stereocenters. The molecule has 1 aromatic carbocycles. The zero-order valence-corrected chi connectivity index (χ0v) is 12.2. The third kappa shape index (κ3) is 4.74. The van der Waals surface area contributed by atoms with Crippen molar-refractivity contribution in [2.75, 3.05) is 19.6 Å². The lowest BCUT2D eigenvalue weighted by atomic mass is 10.1. The molecule has 0 saturated heterocycles. The summed E-state index contributed by atoms with van der Waals surface area (Å²) in [5.41, 5.74) is 1.44. The van der Waals surface area contributed by atoms with Gasteiger partial charge in [-0.05, 0) is 42.7 Å². The van der Waals surface area contributed by atoms with Crippen molar-refractivity contribution in [1.29, 1.82) is 0 Å². The Morgan fingerprint density at radius 3 is 2.38 bits per heavy atom. The zero-order valence-electron chi connectivity index (χ0n) is 12.2. The number of rotatable bonds is 4. The minimum absolute atomic E-state index is 0.605. The monoisotopic (exact) mass is 295 g/mol. The second-order valence-electron chi connectivity index (χ2n) is 5.28. The van der Waals surface area contributed by atoms with Crippen molar-refractivity contribution < 1.29 is 13.2 Å². The van der Waals surface area contributed by atoms with Gasteiger partial charge in [0.05, 0.1) is 5.56 Å². The molecule has 4 heteroatoms. The highest BCUT2D eigenvalue weighted by molar-refractivity contribution is 5.53. The van der Waals surface area contributed by atoms with E-state index < -0.39 is 11.7 Å². The molecule has 1 aromatic rings. The van der Waals surface area contributed by atoms with E-state index in [-0.39, 0.29) is 0 Å². The van der Waals surface area contributed by atoms with Crippen LogP contribution in [0.3, 0.4) is 0 Å². The molecule has 114 valence electrons. The highest BCUT2D eigenvalue weighted by Crippen LogP contribution is 2.29. The molecule has 0 spiro atoms. The van der Waals surface area contributed by atoms with Crippen molar-refractivity contribution in [1.82, 2.24) is 4.90 Å². The van der Waals surface area contributed by atoms with Crippen LogP contribution in [0.25, 0.3) is 6.08 Å². The fourth-order valence-electron chi connectivity index (χ4n) is 2.38. The molecule has 1 aliphatic rings. The maximum Gasteiger partial charge on any atom is 0.416 e. The number of benzene rings is 1. The van der Waals surface area contributed by atoms with E-state index in [9.17, 15) is 13.2 Å². The molecule has 21 heavy (non-hydrogen) atoms. The fraction of sp³-hybridized carbons (Fsp3) is 0.412. The minimum atomic E-state index is -4.27. The summed E-state index contributed by atoms with van der Waals surface area (Å²) in [6.45, 7) is 5.30. The first-order valence-electron chi connectivity index (χ1n) is 7.26. The van der Waals surface area contributed by atoms with E-state index in [1.165, 1.54) is 17.7 Å². The van der Waals surface area contributed by atoms with Crippen molar-refractivity contribution in [3.63, 3.8) is 0 Å². The Kier molecular flexibility index (Phi) is 5.23. The molecule has 1 nitrogen and oxygen atoms in total. The van der Waals surface area contributed by atoms with Gasteiger partial charge in [-0.3, -0.25) is 4.90 Å². The summed E-state index contributed by atoms with van der Waals surface area (Å²) in [5.74, 6) is 0. The number of halogens is 3. The Labute approximate surface area is 123 Å². The highest BCUT2D eigenvalue weighted by atomic mass is 19.4. The van der Waals surface area contributed by atoms with Crippen LogP contribution in [0.15, 0.2) is 42.0 Å². The largest absolute Gasteiger partial charge is 0.416 e. The van der Waals surface area contributed by atoms with Crippen molar-refractivity contribution >= 4 is 6.08 Å². The van der Waals surface area contributed by atoms with Crippen molar-refractivity contribution in [3.8, 4) is 0 Å². The number of allylic oxidation sites excluding steroid dienone is 1. The number of alkyl halides is 3. The predicted octanol–water partition coefficient (Wildman–Crippen LogP) is 4.76. The number of nitrogens with zero attached hydrogens (tertiary/aromatic N) is 1. The van der Waals surface area contributed by atoms with Crippen LogP contribution in [0.2, 0.25) is 0 Å². The van der Waals surface area contributed by atoms with Crippen LogP contribution in [0.1, 0.15) is 30.9 Å².